The van der Waals surface area contributed by atoms with Crippen molar-refractivity contribution in [3.63, 3.8) is 0 Å². The summed E-state index contributed by atoms with van der Waals surface area (Å²) in [5.74, 6) is 0.630. The molecule has 0 N–H and O–H groups in total. The number of piperidine rings is 2. The third kappa shape index (κ3) is 5.65. The van der Waals surface area contributed by atoms with Crippen molar-refractivity contribution >= 4 is 5.91 Å². The number of amides is 1. The van der Waals surface area contributed by atoms with Crippen LogP contribution in [0.15, 0.2) is 48.5 Å². The molecule has 2 aromatic carbocycles. The van der Waals surface area contributed by atoms with Crippen LogP contribution in [0.25, 0.3) is 0 Å². The molecule has 1 amide bonds. The van der Waals surface area contributed by atoms with Crippen molar-refractivity contribution in [2.45, 2.75) is 57.6 Å². The summed E-state index contributed by atoms with van der Waals surface area (Å²) in [5, 5.41) is 0. The molecule has 0 aliphatic carbocycles. The first kappa shape index (κ1) is 21.8. The molecule has 31 heavy (non-hydrogen) atoms. The molecule has 0 spiro atoms. The predicted octanol–water partition coefficient (Wildman–Crippen LogP) is 4.93. The molecule has 5 heteroatoms. The first-order valence-electron chi connectivity index (χ1n) is 11.6. The van der Waals surface area contributed by atoms with Gasteiger partial charge in [-0.2, -0.15) is 0 Å². The number of benzene rings is 2. The second kappa shape index (κ2) is 10.3. The fourth-order valence-corrected chi connectivity index (χ4v) is 4.72. The number of hydrogen-bond donors (Lipinski definition) is 0. The van der Waals surface area contributed by atoms with E-state index in [1.807, 2.05) is 41.3 Å². The summed E-state index contributed by atoms with van der Waals surface area (Å²) in [7, 11) is 0. The molecule has 0 radical (unpaired) electrons. The lowest BCUT2D eigenvalue weighted by atomic mass is 10.0. The van der Waals surface area contributed by atoms with Crippen molar-refractivity contribution in [2.24, 2.45) is 0 Å². The van der Waals surface area contributed by atoms with Gasteiger partial charge in [0.25, 0.3) is 5.91 Å². The van der Waals surface area contributed by atoms with Gasteiger partial charge < -0.3 is 14.5 Å². The van der Waals surface area contributed by atoms with Gasteiger partial charge in [0, 0.05) is 32.2 Å². The number of ether oxygens (including phenoxy) is 1. The first-order chi connectivity index (χ1) is 15.1. The monoisotopic (exact) mass is 424 g/mol. The van der Waals surface area contributed by atoms with Crippen LogP contribution in [0.1, 0.15) is 54.9 Å². The molecule has 2 fully saturated rings. The molecular formula is C26H33FN2O2. The number of likely N-dealkylation sites (tertiary alicyclic amines) is 2. The third-order valence-corrected chi connectivity index (χ3v) is 6.60. The van der Waals surface area contributed by atoms with E-state index in [4.69, 9.17) is 4.74 Å². The lowest BCUT2D eigenvalue weighted by molar-refractivity contribution is 0.0683. The molecule has 0 unspecified atom stereocenters. The van der Waals surface area contributed by atoms with Crippen molar-refractivity contribution in [1.29, 1.82) is 0 Å². The SMILES string of the molecule is C[C@@H](Cc1ccc(F)cc1)N1CCC(Oc2ccccc2C(=O)N2CCCCC2)CC1. The quantitative estimate of drug-likeness (QED) is 0.659. The van der Waals surface area contributed by atoms with Gasteiger partial charge in [-0.25, -0.2) is 4.39 Å². The summed E-state index contributed by atoms with van der Waals surface area (Å²) in [4.78, 5) is 17.5. The van der Waals surface area contributed by atoms with Crippen molar-refractivity contribution < 1.29 is 13.9 Å². The number of halogens is 1. The van der Waals surface area contributed by atoms with Gasteiger partial charge in [-0.1, -0.05) is 24.3 Å². The second-order valence-electron chi connectivity index (χ2n) is 8.88. The lowest BCUT2D eigenvalue weighted by Crippen LogP contribution is -2.44. The first-order valence-corrected chi connectivity index (χ1v) is 11.6. The van der Waals surface area contributed by atoms with Crippen LogP contribution in [-0.2, 0) is 6.42 Å². The molecule has 2 aliphatic rings. The molecule has 4 rings (SSSR count). The second-order valence-corrected chi connectivity index (χ2v) is 8.88. The Hall–Kier alpha value is -2.40. The fourth-order valence-electron chi connectivity index (χ4n) is 4.72. The molecule has 1 atom stereocenters. The fraction of sp³-hybridized carbons (Fsp3) is 0.500. The maximum atomic E-state index is 13.1. The zero-order valence-electron chi connectivity index (χ0n) is 18.4. The molecule has 2 aromatic rings. The van der Waals surface area contributed by atoms with Crippen LogP contribution < -0.4 is 4.74 Å². The summed E-state index contributed by atoms with van der Waals surface area (Å²) in [6, 6.07) is 14.9. The minimum atomic E-state index is -0.187. The summed E-state index contributed by atoms with van der Waals surface area (Å²) in [6.07, 6.45) is 6.32. The molecule has 4 nitrogen and oxygen atoms in total. The van der Waals surface area contributed by atoms with Gasteiger partial charge in [-0.3, -0.25) is 4.79 Å². The van der Waals surface area contributed by atoms with Crippen molar-refractivity contribution in [2.75, 3.05) is 26.2 Å². The number of carbonyl (C=O) groups excluding carboxylic acids is 1. The van der Waals surface area contributed by atoms with Crippen LogP contribution in [0.3, 0.4) is 0 Å². The Labute approximate surface area is 185 Å². The zero-order valence-corrected chi connectivity index (χ0v) is 18.4. The molecule has 2 saturated heterocycles. The van der Waals surface area contributed by atoms with E-state index >= 15 is 0 Å². The van der Waals surface area contributed by atoms with Crippen molar-refractivity contribution in [1.82, 2.24) is 9.80 Å². The number of nitrogens with zero attached hydrogens (tertiary/aromatic N) is 2. The van der Waals surface area contributed by atoms with E-state index in [1.165, 1.54) is 18.6 Å². The Morgan fingerprint density at radius 3 is 2.39 bits per heavy atom. The summed E-state index contributed by atoms with van der Waals surface area (Å²) >= 11 is 0. The van der Waals surface area contributed by atoms with Crippen LogP contribution in [0, 0.1) is 5.82 Å². The topological polar surface area (TPSA) is 32.8 Å². The highest BCUT2D eigenvalue weighted by Gasteiger charge is 2.26. The van der Waals surface area contributed by atoms with E-state index < -0.39 is 0 Å². The number of rotatable bonds is 6. The Bertz CT molecular complexity index is 856. The Kier molecular flexibility index (Phi) is 7.23. The van der Waals surface area contributed by atoms with Gasteiger partial charge in [0.15, 0.2) is 0 Å². The molecule has 166 valence electrons. The highest BCUT2D eigenvalue weighted by Crippen LogP contribution is 2.26. The summed E-state index contributed by atoms with van der Waals surface area (Å²) in [5.41, 5.74) is 1.86. The van der Waals surface area contributed by atoms with E-state index in [-0.39, 0.29) is 17.8 Å². The highest BCUT2D eigenvalue weighted by atomic mass is 19.1. The largest absolute Gasteiger partial charge is 0.489 e. The summed E-state index contributed by atoms with van der Waals surface area (Å²) < 4.78 is 19.5. The molecule has 0 bridgehead atoms. The van der Waals surface area contributed by atoms with E-state index in [0.29, 0.717) is 11.6 Å². The van der Waals surface area contributed by atoms with Gasteiger partial charge in [0.1, 0.15) is 17.7 Å². The van der Waals surface area contributed by atoms with Crippen LogP contribution in [0.2, 0.25) is 0 Å². The minimum absolute atomic E-state index is 0.0978. The van der Waals surface area contributed by atoms with Gasteiger partial charge in [-0.05, 0) is 75.3 Å². The molecule has 2 aliphatic heterocycles. The molecule has 0 saturated carbocycles. The molecule has 0 aromatic heterocycles. The van der Waals surface area contributed by atoms with Crippen molar-refractivity contribution in [3.05, 3.63) is 65.5 Å². The van der Waals surface area contributed by atoms with Crippen molar-refractivity contribution in [3.8, 4) is 5.75 Å². The third-order valence-electron chi connectivity index (χ3n) is 6.60. The van der Waals surface area contributed by atoms with Crippen LogP contribution in [0.4, 0.5) is 4.39 Å². The normalized spacial score (nSPS) is 19.2. The maximum absolute atomic E-state index is 13.1. The van der Waals surface area contributed by atoms with Crippen LogP contribution in [-0.4, -0.2) is 54.0 Å². The number of hydrogen-bond acceptors (Lipinski definition) is 3. The number of carbonyl (C=O) groups is 1. The molecular weight excluding hydrogens is 391 g/mol. The van der Waals surface area contributed by atoms with E-state index in [9.17, 15) is 9.18 Å². The Morgan fingerprint density at radius 1 is 1.00 bits per heavy atom. The van der Waals surface area contributed by atoms with E-state index in [2.05, 4.69) is 11.8 Å². The van der Waals surface area contributed by atoms with Gasteiger partial charge in [0.05, 0.1) is 5.56 Å². The standard InChI is InChI=1S/C26H33FN2O2/c1-20(19-21-9-11-22(27)12-10-21)28-17-13-23(14-18-28)31-25-8-4-3-7-24(25)26(30)29-15-5-2-6-16-29/h3-4,7-12,20,23H,2,5-6,13-19H2,1H3/t20-/m0/s1. The van der Waals surface area contributed by atoms with Gasteiger partial charge in [-0.15, -0.1) is 0 Å². The Balaban J connectivity index is 1.32. The Morgan fingerprint density at radius 2 is 1.68 bits per heavy atom. The van der Waals surface area contributed by atoms with E-state index in [1.54, 1.807) is 0 Å². The minimum Gasteiger partial charge on any atom is -0.489 e. The average molecular weight is 425 g/mol. The van der Waals surface area contributed by atoms with Crippen LogP contribution >= 0.6 is 0 Å². The highest BCUT2D eigenvalue weighted by molar-refractivity contribution is 5.97. The van der Waals surface area contributed by atoms with Crippen LogP contribution in [0.5, 0.6) is 5.75 Å². The smallest absolute Gasteiger partial charge is 0.257 e. The predicted molar refractivity (Wildman–Crippen MR) is 121 cm³/mol. The van der Waals surface area contributed by atoms with E-state index in [0.717, 1.165) is 69.6 Å². The van der Waals surface area contributed by atoms with Gasteiger partial charge >= 0.3 is 0 Å². The van der Waals surface area contributed by atoms with Gasteiger partial charge in [0.2, 0.25) is 0 Å². The summed E-state index contributed by atoms with van der Waals surface area (Å²) in [6.45, 7) is 5.86. The molecule has 2 heterocycles. The lowest BCUT2D eigenvalue weighted by Gasteiger charge is -2.36. The maximum Gasteiger partial charge on any atom is 0.257 e. The zero-order chi connectivity index (χ0) is 21.6. The number of para-hydroxylation sites is 1. The average Bonchev–Trinajstić information content (AvgIpc) is 2.81.